The molecule has 0 aliphatic heterocycles. The average Bonchev–Trinajstić information content (AvgIpc) is 2.41. The number of aliphatic hydroxyl groups excluding tert-OH is 1. The van der Waals surface area contributed by atoms with Gasteiger partial charge in [-0.2, -0.15) is 0 Å². The molecule has 0 rings (SSSR count). The summed E-state index contributed by atoms with van der Waals surface area (Å²) in [6.45, 7) is 6.08. The molecule has 0 aliphatic carbocycles. The highest BCUT2D eigenvalue weighted by atomic mass is 16.6. The Morgan fingerprint density at radius 2 is 1.47 bits per heavy atom. The fraction of sp³-hybridized carbons (Fsp3) is 0.929. The Labute approximate surface area is 116 Å². The van der Waals surface area contributed by atoms with Crippen LogP contribution in [0.1, 0.15) is 39.5 Å². The second-order valence-electron chi connectivity index (χ2n) is 4.39. The zero-order chi connectivity index (χ0) is 14.3. The van der Waals surface area contributed by atoms with Crippen molar-refractivity contribution in [2.45, 2.75) is 39.5 Å². The minimum Gasteiger partial charge on any atom is -0.463 e. The van der Waals surface area contributed by atoms with Crippen molar-refractivity contribution < 1.29 is 24.1 Å². The van der Waals surface area contributed by atoms with Gasteiger partial charge in [-0.3, -0.25) is 4.79 Å². The molecule has 5 nitrogen and oxygen atoms in total. The van der Waals surface area contributed by atoms with Crippen molar-refractivity contribution >= 4 is 5.97 Å². The van der Waals surface area contributed by atoms with E-state index in [9.17, 15) is 4.79 Å². The first-order valence-corrected chi connectivity index (χ1v) is 7.19. The molecule has 5 heteroatoms. The zero-order valence-corrected chi connectivity index (χ0v) is 12.2. The Morgan fingerprint density at radius 3 is 2.00 bits per heavy atom. The van der Waals surface area contributed by atoms with Crippen LogP contribution in [0.5, 0.6) is 0 Å². The van der Waals surface area contributed by atoms with E-state index in [0.29, 0.717) is 33.0 Å². The number of carbonyl (C=O) groups is 1. The average molecular weight is 276 g/mol. The van der Waals surface area contributed by atoms with Gasteiger partial charge in [-0.15, -0.1) is 0 Å². The van der Waals surface area contributed by atoms with Crippen LogP contribution in [0.3, 0.4) is 0 Å². The van der Waals surface area contributed by atoms with Crippen LogP contribution in [0.2, 0.25) is 0 Å². The van der Waals surface area contributed by atoms with Gasteiger partial charge in [-0.1, -0.05) is 26.7 Å². The molecule has 114 valence electrons. The van der Waals surface area contributed by atoms with Crippen LogP contribution in [0, 0.1) is 5.92 Å². The monoisotopic (exact) mass is 276 g/mol. The number of aliphatic hydroxyl groups is 1. The van der Waals surface area contributed by atoms with E-state index in [4.69, 9.17) is 19.3 Å². The molecule has 0 unspecified atom stereocenters. The van der Waals surface area contributed by atoms with Crippen LogP contribution < -0.4 is 0 Å². The number of ether oxygens (including phenoxy) is 3. The highest BCUT2D eigenvalue weighted by molar-refractivity contribution is 5.72. The summed E-state index contributed by atoms with van der Waals surface area (Å²) in [5.74, 6) is -0.0771. The van der Waals surface area contributed by atoms with Crippen molar-refractivity contribution in [1.29, 1.82) is 0 Å². The smallest absolute Gasteiger partial charge is 0.309 e. The minimum absolute atomic E-state index is 0.0217. The predicted octanol–water partition coefficient (Wildman–Crippen LogP) is 1.77. The summed E-state index contributed by atoms with van der Waals surface area (Å²) in [6.07, 6.45) is 3.78. The second-order valence-corrected chi connectivity index (χ2v) is 4.39. The SMILES string of the molecule is CCCC(CCC)C(=O)OCCOCCOCCO. The number of carbonyl (C=O) groups excluding carboxylic acids is 1. The van der Waals surface area contributed by atoms with E-state index in [1.54, 1.807) is 0 Å². The Morgan fingerprint density at radius 1 is 0.947 bits per heavy atom. The topological polar surface area (TPSA) is 65.0 Å². The largest absolute Gasteiger partial charge is 0.463 e. The zero-order valence-electron chi connectivity index (χ0n) is 12.2. The van der Waals surface area contributed by atoms with E-state index in [-0.39, 0.29) is 18.5 Å². The van der Waals surface area contributed by atoms with E-state index in [2.05, 4.69) is 13.8 Å². The summed E-state index contributed by atoms with van der Waals surface area (Å²) in [6, 6.07) is 0. The van der Waals surface area contributed by atoms with Crippen molar-refractivity contribution in [3.05, 3.63) is 0 Å². The van der Waals surface area contributed by atoms with Crippen LogP contribution in [0.15, 0.2) is 0 Å². The third-order valence-corrected chi connectivity index (χ3v) is 2.69. The molecule has 0 radical (unpaired) electrons. The van der Waals surface area contributed by atoms with Crippen LogP contribution in [0.25, 0.3) is 0 Å². The molecule has 0 saturated carbocycles. The number of hydrogen-bond acceptors (Lipinski definition) is 5. The lowest BCUT2D eigenvalue weighted by atomic mass is 9.99. The van der Waals surface area contributed by atoms with Crippen molar-refractivity contribution in [2.24, 2.45) is 5.92 Å². The molecule has 0 bridgehead atoms. The highest BCUT2D eigenvalue weighted by Crippen LogP contribution is 2.15. The van der Waals surface area contributed by atoms with Crippen molar-refractivity contribution in [3.63, 3.8) is 0 Å². The predicted molar refractivity (Wildman–Crippen MR) is 73.0 cm³/mol. The molecule has 0 aliphatic rings. The van der Waals surface area contributed by atoms with E-state index in [1.165, 1.54) is 0 Å². The number of hydrogen-bond donors (Lipinski definition) is 1. The van der Waals surface area contributed by atoms with E-state index in [1.807, 2.05) is 0 Å². The fourth-order valence-corrected chi connectivity index (χ4v) is 1.78. The van der Waals surface area contributed by atoms with Gasteiger partial charge >= 0.3 is 5.97 Å². The van der Waals surface area contributed by atoms with Crippen LogP contribution >= 0.6 is 0 Å². The molecule has 0 aromatic heterocycles. The Hall–Kier alpha value is -0.650. The highest BCUT2D eigenvalue weighted by Gasteiger charge is 2.17. The Balaban J connectivity index is 3.50. The number of esters is 1. The maximum Gasteiger partial charge on any atom is 0.309 e. The Bertz CT molecular complexity index is 202. The van der Waals surface area contributed by atoms with Crippen molar-refractivity contribution in [2.75, 3.05) is 39.6 Å². The molecule has 0 spiro atoms. The lowest BCUT2D eigenvalue weighted by molar-refractivity contribution is -0.150. The van der Waals surface area contributed by atoms with Gasteiger partial charge in [0.05, 0.1) is 39.0 Å². The molecular formula is C14H28O5. The maximum atomic E-state index is 11.8. The molecule has 0 aromatic rings. The van der Waals surface area contributed by atoms with Crippen molar-refractivity contribution in [1.82, 2.24) is 0 Å². The molecule has 1 N–H and O–H groups in total. The second kappa shape index (κ2) is 13.8. The molecule has 0 amide bonds. The standard InChI is InChI=1S/C14H28O5/c1-3-5-13(6-4-2)14(16)19-12-11-18-10-9-17-8-7-15/h13,15H,3-12H2,1-2H3. The van der Waals surface area contributed by atoms with Gasteiger partial charge in [0, 0.05) is 0 Å². The molecule has 0 atom stereocenters. The molecule has 0 saturated heterocycles. The summed E-state index contributed by atoms with van der Waals surface area (Å²) in [5.41, 5.74) is 0. The lowest BCUT2D eigenvalue weighted by Gasteiger charge is -2.14. The summed E-state index contributed by atoms with van der Waals surface area (Å²) in [5, 5.41) is 8.48. The number of rotatable bonds is 13. The fourth-order valence-electron chi connectivity index (χ4n) is 1.78. The van der Waals surface area contributed by atoms with Gasteiger partial charge in [-0.05, 0) is 12.8 Å². The molecule has 19 heavy (non-hydrogen) atoms. The lowest BCUT2D eigenvalue weighted by Crippen LogP contribution is -2.20. The van der Waals surface area contributed by atoms with Gasteiger partial charge in [0.1, 0.15) is 6.61 Å². The Kier molecular flexibility index (Phi) is 13.3. The van der Waals surface area contributed by atoms with Gasteiger partial charge in [-0.25, -0.2) is 0 Å². The van der Waals surface area contributed by atoms with E-state index in [0.717, 1.165) is 25.7 Å². The summed E-state index contributed by atoms with van der Waals surface area (Å²) in [7, 11) is 0. The normalized spacial score (nSPS) is 10.9. The summed E-state index contributed by atoms with van der Waals surface area (Å²) in [4.78, 5) is 11.8. The molecule has 0 heterocycles. The first-order valence-electron chi connectivity index (χ1n) is 7.19. The maximum absolute atomic E-state index is 11.8. The van der Waals surface area contributed by atoms with Crippen LogP contribution in [0.4, 0.5) is 0 Å². The first-order chi connectivity index (χ1) is 9.26. The summed E-state index contributed by atoms with van der Waals surface area (Å²) >= 11 is 0. The van der Waals surface area contributed by atoms with E-state index < -0.39 is 0 Å². The van der Waals surface area contributed by atoms with Gasteiger partial charge < -0.3 is 19.3 Å². The van der Waals surface area contributed by atoms with Crippen LogP contribution in [-0.4, -0.2) is 50.7 Å². The quantitative estimate of drug-likeness (QED) is 0.410. The van der Waals surface area contributed by atoms with Gasteiger partial charge in [0.15, 0.2) is 0 Å². The molecular weight excluding hydrogens is 248 g/mol. The molecule has 0 fully saturated rings. The van der Waals surface area contributed by atoms with E-state index >= 15 is 0 Å². The van der Waals surface area contributed by atoms with Gasteiger partial charge in [0.25, 0.3) is 0 Å². The molecule has 0 aromatic carbocycles. The minimum atomic E-state index is -0.108. The summed E-state index contributed by atoms with van der Waals surface area (Å²) < 4.78 is 15.5. The third kappa shape index (κ3) is 10.9. The first kappa shape index (κ1) is 18.4. The third-order valence-electron chi connectivity index (χ3n) is 2.69. The van der Waals surface area contributed by atoms with Crippen molar-refractivity contribution in [3.8, 4) is 0 Å². The van der Waals surface area contributed by atoms with Crippen LogP contribution in [-0.2, 0) is 19.0 Å². The van der Waals surface area contributed by atoms with Gasteiger partial charge in [0.2, 0.25) is 0 Å².